The maximum absolute atomic E-state index is 12.5. The van der Waals surface area contributed by atoms with E-state index in [1.807, 2.05) is 42.5 Å². The third-order valence-corrected chi connectivity index (χ3v) is 3.75. The maximum atomic E-state index is 12.5. The topological polar surface area (TPSA) is 58.0 Å². The number of nitrogens with one attached hydrogen (secondary N) is 1. The molecule has 1 aromatic heterocycles. The van der Waals surface area contributed by atoms with Gasteiger partial charge in [0.2, 0.25) is 0 Å². The molecule has 1 atom stereocenters. The molecule has 0 amide bonds. The van der Waals surface area contributed by atoms with Crippen LogP contribution in [0.25, 0.3) is 10.9 Å². The van der Waals surface area contributed by atoms with Crippen molar-refractivity contribution in [2.45, 2.75) is 12.6 Å². The number of aromatic amines is 1. The van der Waals surface area contributed by atoms with Crippen molar-refractivity contribution in [1.29, 1.82) is 0 Å². The molecule has 0 radical (unpaired) electrons. The number of fused-ring (bicyclic) bond motifs is 1. The molecular weight excluding hydrogens is 284 g/mol. The van der Waals surface area contributed by atoms with E-state index >= 15 is 0 Å². The van der Waals surface area contributed by atoms with Crippen LogP contribution in [0.5, 0.6) is 0 Å². The molecule has 0 saturated carbocycles. The second-order valence-electron chi connectivity index (χ2n) is 4.82. The molecule has 0 unspecified atom stereocenters. The van der Waals surface area contributed by atoms with Gasteiger partial charge < -0.3 is 10.1 Å². The average molecular weight is 298 g/mol. The fourth-order valence-corrected chi connectivity index (χ4v) is 2.59. The van der Waals surface area contributed by atoms with Crippen molar-refractivity contribution >= 4 is 23.1 Å². The minimum atomic E-state index is -0.778. The first-order valence-electron chi connectivity index (χ1n) is 6.61. The van der Waals surface area contributed by atoms with Gasteiger partial charge in [0.15, 0.2) is 4.77 Å². The van der Waals surface area contributed by atoms with Gasteiger partial charge in [-0.25, -0.2) is 0 Å². The maximum Gasteiger partial charge on any atom is 0.262 e. The van der Waals surface area contributed by atoms with Crippen LogP contribution in [0.4, 0.5) is 0 Å². The number of rotatable bonds is 3. The number of aliphatic hydroxyl groups excluding tert-OH is 1. The van der Waals surface area contributed by atoms with Crippen molar-refractivity contribution in [1.82, 2.24) is 9.55 Å². The molecule has 3 rings (SSSR count). The number of aliphatic hydroxyl groups is 1. The summed E-state index contributed by atoms with van der Waals surface area (Å²) in [6, 6.07) is 16.4. The molecule has 106 valence electrons. The first kappa shape index (κ1) is 13.7. The minimum absolute atomic E-state index is 0.128. The molecule has 1 heterocycles. The molecule has 21 heavy (non-hydrogen) atoms. The lowest BCUT2D eigenvalue weighted by atomic mass is 10.1. The number of hydrogen-bond donors (Lipinski definition) is 2. The highest BCUT2D eigenvalue weighted by Crippen LogP contribution is 2.14. The van der Waals surface area contributed by atoms with Crippen molar-refractivity contribution in [3.8, 4) is 0 Å². The van der Waals surface area contributed by atoms with Crippen LogP contribution in [0.2, 0.25) is 0 Å². The molecule has 0 spiro atoms. The minimum Gasteiger partial charge on any atom is -0.387 e. The Morgan fingerprint density at radius 3 is 2.52 bits per heavy atom. The van der Waals surface area contributed by atoms with Gasteiger partial charge in [-0.15, -0.1) is 0 Å². The van der Waals surface area contributed by atoms with Gasteiger partial charge in [-0.05, 0) is 29.9 Å². The zero-order chi connectivity index (χ0) is 14.8. The Hall–Kier alpha value is -2.24. The first-order valence-corrected chi connectivity index (χ1v) is 7.02. The molecule has 0 aliphatic carbocycles. The molecule has 0 fully saturated rings. The smallest absolute Gasteiger partial charge is 0.262 e. The van der Waals surface area contributed by atoms with Gasteiger partial charge in [0.1, 0.15) is 0 Å². The molecule has 0 bridgehead atoms. The van der Waals surface area contributed by atoms with Gasteiger partial charge in [-0.2, -0.15) is 0 Å². The van der Waals surface area contributed by atoms with Crippen LogP contribution in [0.15, 0.2) is 59.4 Å². The van der Waals surface area contributed by atoms with E-state index in [0.717, 1.165) is 5.56 Å². The average Bonchev–Trinajstić information content (AvgIpc) is 2.52. The Morgan fingerprint density at radius 1 is 1.10 bits per heavy atom. The highest BCUT2D eigenvalue weighted by atomic mass is 32.1. The fourth-order valence-electron chi connectivity index (χ4n) is 2.32. The van der Waals surface area contributed by atoms with Crippen LogP contribution in [-0.2, 0) is 6.54 Å². The van der Waals surface area contributed by atoms with Gasteiger partial charge in [0.25, 0.3) is 5.56 Å². The quantitative estimate of drug-likeness (QED) is 0.731. The van der Waals surface area contributed by atoms with Crippen LogP contribution in [0.1, 0.15) is 11.7 Å². The summed E-state index contributed by atoms with van der Waals surface area (Å²) >= 11 is 5.23. The van der Waals surface area contributed by atoms with Gasteiger partial charge in [-0.3, -0.25) is 9.36 Å². The molecule has 3 aromatic rings. The van der Waals surface area contributed by atoms with Crippen LogP contribution in [-0.4, -0.2) is 14.7 Å². The number of nitrogens with zero attached hydrogens (tertiary/aromatic N) is 1. The summed E-state index contributed by atoms with van der Waals surface area (Å²) in [6.45, 7) is 0.128. The van der Waals surface area contributed by atoms with Crippen molar-refractivity contribution in [3.63, 3.8) is 0 Å². The van der Waals surface area contributed by atoms with E-state index < -0.39 is 6.10 Å². The van der Waals surface area contributed by atoms with E-state index in [4.69, 9.17) is 12.2 Å². The third kappa shape index (κ3) is 2.66. The van der Waals surface area contributed by atoms with Crippen LogP contribution in [0, 0.1) is 4.77 Å². The highest BCUT2D eigenvalue weighted by Gasteiger charge is 2.11. The Morgan fingerprint density at radius 2 is 1.76 bits per heavy atom. The molecular formula is C16H14N2O2S. The Balaban J connectivity index is 2.05. The summed E-state index contributed by atoms with van der Waals surface area (Å²) in [5.74, 6) is 0. The predicted molar refractivity (Wildman–Crippen MR) is 84.8 cm³/mol. The van der Waals surface area contributed by atoms with E-state index in [1.165, 1.54) is 4.57 Å². The summed E-state index contributed by atoms with van der Waals surface area (Å²) in [7, 11) is 0. The van der Waals surface area contributed by atoms with E-state index in [9.17, 15) is 9.90 Å². The SMILES string of the molecule is O=c1c2ccccc2[nH]c(=S)n1C[C@@H](O)c1ccccc1. The van der Waals surface area contributed by atoms with Gasteiger partial charge in [-0.1, -0.05) is 42.5 Å². The van der Waals surface area contributed by atoms with Crippen molar-refractivity contribution in [3.05, 3.63) is 75.3 Å². The standard InChI is InChI=1S/C16H14N2O2S/c19-14(11-6-2-1-3-7-11)10-18-15(20)12-8-4-5-9-13(12)17-16(18)21/h1-9,14,19H,10H2,(H,17,21)/t14-/m1/s1. The van der Waals surface area contributed by atoms with Crippen LogP contribution >= 0.6 is 12.2 Å². The monoisotopic (exact) mass is 298 g/mol. The number of hydrogen-bond acceptors (Lipinski definition) is 3. The molecule has 0 aliphatic heterocycles. The van der Waals surface area contributed by atoms with E-state index in [2.05, 4.69) is 4.98 Å². The fraction of sp³-hybridized carbons (Fsp3) is 0.125. The van der Waals surface area contributed by atoms with Crippen molar-refractivity contribution < 1.29 is 5.11 Å². The van der Waals surface area contributed by atoms with Crippen molar-refractivity contribution in [2.75, 3.05) is 0 Å². The van der Waals surface area contributed by atoms with Gasteiger partial charge >= 0.3 is 0 Å². The Labute approximate surface area is 126 Å². The molecule has 2 N–H and O–H groups in total. The lowest BCUT2D eigenvalue weighted by Gasteiger charge is -2.13. The lowest BCUT2D eigenvalue weighted by Crippen LogP contribution is -2.25. The molecule has 4 nitrogen and oxygen atoms in total. The Kier molecular flexibility index (Phi) is 3.68. The second-order valence-corrected chi connectivity index (χ2v) is 5.20. The summed E-state index contributed by atoms with van der Waals surface area (Å²) < 4.78 is 1.71. The third-order valence-electron chi connectivity index (χ3n) is 3.43. The van der Waals surface area contributed by atoms with Crippen LogP contribution < -0.4 is 5.56 Å². The number of benzene rings is 2. The number of para-hydroxylation sites is 1. The largest absolute Gasteiger partial charge is 0.387 e. The summed E-state index contributed by atoms with van der Waals surface area (Å²) in [6.07, 6.45) is -0.778. The lowest BCUT2D eigenvalue weighted by molar-refractivity contribution is 0.154. The van der Waals surface area contributed by atoms with Crippen molar-refractivity contribution in [2.24, 2.45) is 0 Å². The van der Waals surface area contributed by atoms with Crippen LogP contribution in [0.3, 0.4) is 0 Å². The molecule has 0 aliphatic rings. The number of aromatic nitrogens is 2. The predicted octanol–water partition coefficient (Wildman–Crippen LogP) is 2.79. The first-order chi connectivity index (χ1) is 10.2. The normalized spacial score (nSPS) is 12.4. The zero-order valence-electron chi connectivity index (χ0n) is 11.2. The molecule has 2 aromatic carbocycles. The Bertz CT molecular complexity index is 884. The van der Waals surface area contributed by atoms with Gasteiger partial charge in [0.05, 0.1) is 23.6 Å². The molecule has 0 saturated heterocycles. The summed E-state index contributed by atoms with van der Waals surface area (Å²) in [5, 5.41) is 10.8. The highest BCUT2D eigenvalue weighted by molar-refractivity contribution is 7.71. The van der Waals surface area contributed by atoms with E-state index in [-0.39, 0.29) is 12.1 Å². The summed E-state index contributed by atoms with van der Waals surface area (Å²) in [5.41, 5.74) is 1.27. The second kappa shape index (κ2) is 5.63. The molecule has 5 heteroatoms. The number of H-pyrrole nitrogens is 1. The van der Waals surface area contributed by atoms with Gasteiger partial charge in [0, 0.05) is 0 Å². The van der Waals surface area contributed by atoms with E-state index in [1.54, 1.807) is 12.1 Å². The zero-order valence-corrected chi connectivity index (χ0v) is 12.0. The summed E-state index contributed by atoms with van der Waals surface area (Å²) in [4.78, 5) is 15.5. The van der Waals surface area contributed by atoms with E-state index in [0.29, 0.717) is 15.7 Å².